The second kappa shape index (κ2) is 11.4. The van der Waals surface area contributed by atoms with Gasteiger partial charge in [0.1, 0.15) is 23.7 Å². The lowest BCUT2D eigenvalue weighted by Crippen LogP contribution is -2.44. The Hall–Kier alpha value is -3.31. The number of pyridine rings is 1. The summed E-state index contributed by atoms with van der Waals surface area (Å²) in [4.78, 5) is 40.0. The van der Waals surface area contributed by atoms with Crippen molar-refractivity contribution in [3.63, 3.8) is 0 Å². The summed E-state index contributed by atoms with van der Waals surface area (Å²) in [7, 11) is 2.02. The van der Waals surface area contributed by atoms with Gasteiger partial charge in [-0.25, -0.2) is 4.98 Å². The molecular formula is C31H39N7O3S. The van der Waals surface area contributed by atoms with Crippen LogP contribution in [0.2, 0.25) is 0 Å². The molecule has 5 heterocycles. The Morgan fingerprint density at radius 2 is 1.90 bits per heavy atom. The first-order chi connectivity index (χ1) is 20.5. The number of likely N-dealkylation sites (tertiary alicyclic amines) is 1. The molecule has 1 atom stereocenters. The SMILES string of the molecule is CC(=O)Nc1nc2c(s1)-c1c(c(-c3cccnc3)nn1[C@H]1CC[C@H](C(=O)N(C)[C@@H]3CCN(C4CCCC4)C3)CC1)OC2. The molecule has 4 aliphatic rings. The highest BCUT2D eigenvalue weighted by Gasteiger charge is 2.38. The Morgan fingerprint density at radius 1 is 1.10 bits per heavy atom. The van der Waals surface area contributed by atoms with Crippen molar-refractivity contribution in [3.05, 3.63) is 30.2 Å². The number of anilines is 1. The molecule has 222 valence electrons. The number of carbonyl (C=O) groups excluding carboxylic acids is 2. The second-order valence-corrected chi connectivity index (χ2v) is 13.3. The summed E-state index contributed by atoms with van der Waals surface area (Å²) in [5.41, 5.74) is 3.39. The van der Waals surface area contributed by atoms with Crippen LogP contribution < -0.4 is 10.1 Å². The zero-order valence-electron chi connectivity index (χ0n) is 24.4. The maximum Gasteiger partial charge on any atom is 0.225 e. The molecule has 2 amide bonds. The summed E-state index contributed by atoms with van der Waals surface area (Å²) in [6.07, 6.45) is 13.4. The van der Waals surface area contributed by atoms with Gasteiger partial charge in [-0.3, -0.25) is 24.2 Å². The van der Waals surface area contributed by atoms with Crippen molar-refractivity contribution in [2.24, 2.45) is 5.92 Å². The van der Waals surface area contributed by atoms with Crippen molar-refractivity contribution < 1.29 is 14.3 Å². The summed E-state index contributed by atoms with van der Waals surface area (Å²) in [6, 6.07) is 5.10. The number of thiazole rings is 1. The van der Waals surface area contributed by atoms with E-state index >= 15 is 0 Å². The van der Waals surface area contributed by atoms with Gasteiger partial charge in [0.15, 0.2) is 10.9 Å². The smallest absolute Gasteiger partial charge is 0.225 e. The topological polar surface area (TPSA) is 105 Å². The molecule has 2 aliphatic carbocycles. The molecule has 42 heavy (non-hydrogen) atoms. The zero-order valence-corrected chi connectivity index (χ0v) is 25.2. The Balaban J connectivity index is 1.10. The van der Waals surface area contributed by atoms with Gasteiger partial charge in [0.2, 0.25) is 11.8 Å². The number of nitrogens with one attached hydrogen (secondary N) is 1. The largest absolute Gasteiger partial charge is 0.483 e. The lowest BCUT2D eigenvalue weighted by atomic mass is 9.85. The molecule has 0 aromatic carbocycles. The van der Waals surface area contributed by atoms with Crippen molar-refractivity contribution in [1.29, 1.82) is 0 Å². The molecule has 11 heteroatoms. The number of hydrogen-bond acceptors (Lipinski definition) is 8. The molecule has 1 N–H and O–H groups in total. The van der Waals surface area contributed by atoms with Crippen LogP contribution >= 0.6 is 11.3 Å². The van der Waals surface area contributed by atoms with E-state index in [4.69, 9.17) is 9.84 Å². The van der Waals surface area contributed by atoms with Gasteiger partial charge in [0.05, 0.1) is 10.9 Å². The maximum absolute atomic E-state index is 13.6. The minimum atomic E-state index is -0.149. The highest BCUT2D eigenvalue weighted by molar-refractivity contribution is 7.19. The monoisotopic (exact) mass is 589 g/mol. The summed E-state index contributed by atoms with van der Waals surface area (Å²) < 4.78 is 8.38. The predicted octanol–water partition coefficient (Wildman–Crippen LogP) is 5.13. The van der Waals surface area contributed by atoms with Gasteiger partial charge < -0.3 is 15.0 Å². The maximum atomic E-state index is 13.6. The molecule has 0 radical (unpaired) electrons. The molecule has 2 aliphatic heterocycles. The summed E-state index contributed by atoms with van der Waals surface area (Å²) in [5.74, 6) is 0.943. The van der Waals surface area contributed by atoms with E-state index in [2.05, 4.69) is 29.8 Å². The van der Waals surface area contributed by atoms with Crippen LogP contribution in [0.15, 0.2) is 24.5 Å². The van der Waals surface area contributed by atoms with Gasteiger partial charge >= 0.3 is 0 Å². The average Bonchev–Trinajstić information content (AvgIpc) is 3.81. The van der Waals surface area contributed by atoms with E-state index in [0.29, 0.717) is 23.7 Å². The predicted molar refractivity (Wildman–Crippen MR) is 161 cm³/mol. The van der Waals surface area contributed by atoms with Crippen LogP contribution in [-0.2, 0) is 16.2 Å². The number of ether oxygens (including phenoxy) is 1. The first kappa shape index (κ1) is 27.5. The van der Waals surface area contributed by atoms with Gasteiger partial charge in [-0.2, -0.15) is 5.10 Å². The van der Waals surface area contributed by atoms with Gasteiger partial charge in [0.25, 0.3) is 0 Å². The first-order valence-electron chi connectivity index (χ1n) is 15.4. The highest BCUT2D eigenvalue weighted by atomic mass is 32.1. The third-order valence-electron chi connectivity index (χ3n) is 9.67. The van der Waals surface area contributed by atoms with Gasteiger partial charge in [-0.15, -0.1) is 0 Å². The van der Waals surface area contributed by atoms with Gasteiger partial charge in [-0.1, -0.05) is 24.2 Å². The minimum Gasteiger partial charge on any atom is -0.483 e. The van der Waals surface area contributed by atoms with E-state index in [1.54, 1.807) is 6.20 Å². The van der Waals surface area contributed by atoms with E-state index in [0.717, 1.165) is 84.5 Å². The van der Waals surface area contributed by atoms with Crippen molar-refractivity contribution >= 4 is 28.3 Å². The fraction of sp³-hybridized carbons (Fsp3) is 0.581. The van der Waals surface area contributed by atoms with Crippen molar-refractivity contribution in [1.82, 2.24) is 29.5 Å². The minimum absolute atomic E-state index is 0.0533. The number of likely N-dealkylation sites (N-methyl/N-ethyl adjacent to an activating group) is 1. The van der Waals surface area contributed by atoms with E-state index in [1.165, 1.54) is 43.9 Å². The van der Waals surface area contributed by atoms with E-state index in [-0.39, 0.29) is 17.9 Å². The zero-order chi connectivity index (χ0) is 28.8. The van der Waals surface area contributed by atoms with E-state index < -0.39 is 0 Å². The summed E-state index contributed by atoms with van der Waals surface area (Å²) >= 11 is 1.46. The number of amides is 2. The Labute approximate surface area is 250 Å². The van der Waals surface area contributed by atoms with E-state index in [1.807, 2.05) is 25.4 Å². The normalized spacial score (nSPS) is 24.2. The lowest BCUT2D eigenvalue weighted by molar-refractivity contribution is -0.137. The molecule has 2 saturated carbocycles. The molecule has 3 fully saturated rings. The van der Waals surface area contributed by atoms with Crippen LogP contribution in [0.3, 0.4) is 0 Å². The van der Waals surface area contributed by atoms with Crippen molar-refractivity contribution in [3.8, 4) is 27.6 Å². The third-order valence-corrected chi connectivity index (χ3v) is 10.7. The number of rotatable bonds is 6. The fourth-order valence-corrected chi connectivity index (χ4v) is 8.47. The average molecular weight is 590 g/mol. The number of hydrogen-bond donors (Lipinski definition) is 1. The van der Waals surface area contributed by atoms with E-state index in [9.17, 15) is 9.59 Å². The Kier molecular flexibility index (Phi) is 7.47. The van der Waals surface area contributed by atoms with Crippen LogP contribution in [0.1, 0.15) is 76.4 Å². The van der Waals surface area contributed by atoms with Crippen LogP contribution in [-0.4, -0.2) is 73.6 Å². The molecule has 0 unspecified atom stereocenters. The number of fused-ring (bicyclic) bond motifs is 3. The van der Waals surface area contributed by atoms with Crippen LogP contribution in [0.5, 0.6) is 5.75 Å². The van der Waals surface area contributed by atoms with Gasteiger partial charge in [-0.05, 0) is 57.1 Å². The van der Waals surface area contributed by atoms with Crippen LogP contribution in [0.4, 0.5) is 5.13 Å². The molecular weight excluding hydrogens is 550 g/mol. The second-order valence-electron chi connectivity index (χ2n) is 12.3. The van der Waals surface area contributed by atoms with Crippen LogP contribution in [0.25, 0.3) is 21.8 Å². The van der Waals surface area contributed by atoms with Gasteiger partial charge in [0, 0.05) is 63.0 Å². The standard InChI is InChI=1S/C31H39N7O3S/c1-19(39)33-31-34-25-18-41-28-26(21-6-5-14-32-16-21)35-38(27(28)29(25)42-31)23-11-9-20(10-12-23)30(40)36(2)24-13-15-37(17-24)22-7-3-4-8-22/h5-6,14,16,20,22-24H,3-4,7-13,15,17-18H2,1-2H3,(H,33,34,39)/t20-,23-,24-/m1/s1. The molecule has 7 rings (SSSR count). The van der Waals surface area contributed by atoms with Crippen LogP contribution in [0, 0.1) is 5.92 Å². The summed E-state index contributed by atoms with van der Waals surface area (Å²) in [6.45, 7) is 3.96. The number of aromatic nitrogens is 4. The molecule has 0 spiro atoms. The molecule has 0 bridgehead atoms. The molecule has 3 aromatic rings. The highest BCUT2D eigenvalue weighted by Crippen LogP contribution is 2.49. The summed E-state index contributed by atoms with van der Waals surface area (Å²) in [5, 5.41) is 8.51. The lowest BCUT2D eigenvalue weighted by Gasteiger charge is -2.34. The Morgan fingerprint density at radius 3 is 2.64 bits per heavy atom. The van der Waals surface area contributed by atoms with Crippen molar-refractivity contribution in [2.45, 2.75) is 89.4 Å². The molecule has 10 nitrogen and oxygen atoms in total. The number of carbonyl (C=O) groups is 2. The molecule has 1 saturated heterocycles. The Bertz CT molecular complexity index is 1460. The van der Waals surface area contributed by atoms with Crippen molar-refractivity contribution in [2.75, 3.05) is 25.5 Å². The number of nitrogens with zero attached hydrogens (tertiary/aromatic N) is 6. The quantitative estimate of drug-likeness (QED) is 0.425. The third kappa shape index (κ3) is 5.10. The molecule has 3 aromatic heterocycles. The first-order valence-corrected chi connectivity index (χ1v) is 16.2. The fourth-order valence-electron chi connectivity index (χ4n) is 7.42.